The van der Waals surface area contributed by atoms with Crippen molar-refractivity contribution >= 4 is 0 Å². The second-order valence-electron chi connectivity index (χ2n) is 9.35. The van der Waals surface area contributed by atoms with E-state index in [-0.39, 0.29) is 24.8 Å². The minimum Gasteiger partial charge on any atom is -1.00 e. The van der Waals surface area contributed by atoms with Gasteiger partial charge in [0.15, 0.2) is 0 Å². The SMILES string of the molecule is CCCC(C)(C)C1=CCC(C)=[C]1[Zr+2][C]1=C(C)CC=C1C(C)(C)CCC.[Cl-].[Cl-]. The van der Waals surface area contributed by atoms with Crippen molar-refractivity contribution in [2.45, 2.75) is 93.9 Å². The average molecular weight is 489 g/mol. The minimum absolute atomic E-state index is 0. The van der Waals surface area contributed by atoms with Crippen LogP contribution in [-0.4, -0.2) is 0 Å². The summed E-state index contributed by atoms with van der Waals surface area (Å²) < 4.78 is 3.63. The largest absolute Gasteiger partial charge is 1.00 e. The molecule has 0 radical (unpaired) electrons. The Bertz CT molecular complexity index is 589. The molecule has 2 aliphatic rings. The van der Waals surface area contributed by atoms with Crippen LogP contribution in [0.5, 0.6) is 0 Å². The van der Waals surface area contributed by atoms with Gasteiger partial charge in [0.25, 0.3) is 0 Å². The van der Waals surface area contributed by atoms with E-state index in [1.165, 1.54) is 38.5 Å². The van der Waals surface area contributed by atoms with Gasteiger partial charge in [-0.05, 0) is 0 Å². The minimum atomic E-state index is -0.743. The molecule has 2 aliphatic carbocycles. The van der Waals surface area contributed by atoms with E-state index in [4.69, 9.17) is 0 Å². The maximum absolute atomic E-state index is 2.56. The van der Waals surface area contributed by atoms with Gasteiger partial charge in [-0.3, -0.25) is 0 Å². The van der Waals surface area contributed by atoms with Gasteiger partial charge in [0, 0.05) is 0 Å². The summed E-state index contributed by atoms with van der Waals surface area (Å²) in [7, 11) is 0. The van der Waals surface area contributed by atoms with Gasteiger partial charge in [-0.1, -0.05) is 0 Å². The molecule has 0 aliphatic heterocycles. The first-order valence-electron chi connectivity index (χ1n) is 10.2. The van der Waals surface area contributed by atoms with E-state index < -0.39 is 23.2 Å². The Hall–Kier alpha value is 0.423. The number of hydrogen-bond acceptors (Lipinski definition) is 0. The topological polar surface area (TPSA) is 0 Å². The summed E-state index contributed by atoms with van der Waals surface area (Å²) in [5.74, 6) is 0. The Morgan fingerprint density at radius 1 is 0.741 bits per heavy atom. The number of allylic oxidation sites excluding steroid dienone is 8. The quantitative estimate of drug-likeness (QED) is 0.490. The third kappa shape index (κ3) is 6.20. The molecule has 2 rings (SSSR count). The second kappa shape index (κ2) is 11.0. The van der Waals surface area contributed by atoms with E-state index in [1.807, 2.05) is 6.56 Å². The zero-order valence-corrected chi connectivity index (χ0v) is 22.6. The Balaban J connectivity index is 0.00000338. The predicted octanol–water partition coefficient (Wildman–Crippen LogP) is 1.94. The fourth-order valence-electron chi connectivity index (χ4n) is 4.60. The summed E-state index contributed by atoms with van der Waals surface area (Å²) in [6.07, 6.45) is 12.7. The summed E-state index contributed by atoms with van der Waals surface area (Å²) in [6, 6.07) is 0. The average Bonchev–Trinajstić information content (AvgIpc) is 3.05. The monoisotopic (exact) mass is 486 g/mol. The first-order chi connectivity index (χ1) is 11.6. The standard InChI is InChI=1S/2C12H19.2ClH.Zr/c2*1-5-8-12(3,4)11-7-6-10(2)9-11;;;/h2*7H,5-6,8H2,1-4H3;2*1H;/q;;;;+2/p-2. The third-order valence-electron chi connectivity index (χ3n) is 6.08. The van der Waals surface area contributed by atoms with Crippen LogP contribution in [0.15, 0.2) is 41.0 Å². The van der Waals surface area contributed by atoms with Gasteiger partial charge in [0.05, 0.1) is 0 Å². The van der Waals surface area contributed by atoms with Crippen molar-refractivity contribution in [3.63, 3.8) is 0 Å². The van der Waals surface area contributed by atoms with Crippen molar-refractivity contribution in [3.05, 3.63) is 41.0 Å². The zero-order valence-electron chi connectivity index (χ0n) is 18.7. The fraction of sp³-hybridized carbons (Fsp3) is 0.667. The molecule has 0 aromatic rings. The van der Waals surface area contributed by atoms with Gasteiger partial charge >= 0.3 is 169 Å². The van der Waals surface area contributed by atoms with Crippen LogP contribution in [0.2, 0.25) is 0 Å². The van der Waals surface area contributed by atoms with Gasteiger partial charge in [-0.2, -0.15) is 0 Å². The molecule has 0 spiro atoms. The van der Waals surface area contributed by atoms with Crippen molar-refractivity contribution < 1.29 is 48.0 Å². The molecule has 27 heavy (non-hydrogen) atoms. The molecule has 0 amide bonds. The van der Waals surface area contributed by atoms with Crippen LogP contribution in [0.25, 0.3) is 0 Å². The molecule has 0 aromatic carbocycles. The molecule has 0 atom stereocenters. The van der Waals surface area contributed by atoms with E-state index in [0.717, 1.165) is 0 Å². The zero-order chi connectivity index (χ0) is 18.8. The van der Waals surface area contributed by atoms with Crippen LogP contribution < -0.4 is 24.8 Å². The second-order valence-corrected chi connectivity index (χ2v) is 12.4. The van der Waals surface area contributed by atoms with E-state index in [0.29, 0.717) is 10.8 Å². The first kappa shape index (κ1) is 27.4. The first-order valence-corrected chi connectivity index (χ1v) is 12.7. The fourth-order valence-corrected chi connectivity index (χ4v) is 9.59. The van der Waals surface area contributed by atoms with Crippen molar-refractivity contribution in [3.8, 4) is 0 Å². The maximum atomic E-state index is 2.56. The molecule has 0 N–H and O–H groups in total. The van der Waals surface area contributed by atoms with E-state index in [2.05, 4.69) is 67.5 Å². The number of hydrogen-bond donors (Lipinski definition) is 0. The molecule has 0 saturated carbocycles. The number of rotatable bonds is 8. The van der Waals surface area contributed by atoms with E-state index >= 15 is 0 Å². The molecule has 152 valence electrons. The smallest absolute Gasteiger partial charge is 1.00 e. The maximum Gasteiger partial charge on any atom is -1.00 e. The van der Waals surface area contributed by atoms with Crippen molar-refractivity contribution in [2.24, 2.45) is 10.8 Å². The Morgan fingerprint density at radius 2 is 1.07 bits per heavy atom. The van der Waals surface area contributed by atoms with Gasteiger partial charge in [-0.15, -0.1) is 0 Å². The van der Waals surface area contributed by atoms with Crippen LogP contribution in [0.3, 0.4) is 0 Å². The summed E-state index contributed by atoms with van der Waals surface area (Å²) in [5.41, 5.74) is 7.45. The summed E-state index contributed by atoms with van der Waals surface area (Å²) in [4.78, 5) is 0. The van der Waals surface area contributed by atoms with Crippen LogP contribution in [0, 0.1) is 10.8 Å². The molecule has 0 aromatic heterocycles. The molecule has 0 saturated heterocycles. The van der Waals surface area contributed by atoms with Gasteiger partial charge in [0.1, 0.15) is 0 Å². The molecule has 0 fully saturated rings. The third-order valence-corrected chi connectivity index (χ3v) is 10.7. The van der Waals surface area contributed by atoms with E-state index in [9.17, 15) is 0 Å². The van der Waals surface area contributed by atoms with Gasteiger partial charge < -0.3 is 24.8 Å². The van der Waals surface area contributed by atoms with Crippen molar-refractivity contribution in [1.82, 2.24) is 0 Å². The Kier molecular flexibility index (Phi) is 11.2. The van der Waals surface area contributed by atoms with Crippen LogP contribution in [-0.2, 0) is 23.2 Å². The molecule has 3 heteroatoms. The van der Waals surface area contributed by atoms with Crippen LogP contribution in [0.4, 0.5) is 0 Å². The summed E-state index contributed by atoms with van der Waals surface area (Å²) in [6.45, 7) is 19.3. The van der Waals surface area contributed by atoms with Crippen LogP contribution in [0.1, 0.15) is 93.9 Å². The van der Waals surface area contributed by atoms with Gasteiger partial charge in [0.2, 0.25) is 0 Å². The van der Waals surface area contributed by atoms with Crippen molar-refractivity contribution in [2.75, 3.05) is 0 Å². The van der Waals surface area contributed by atoms with E-state index in [1.54, 1.807) is 22.3 Å². The Morgan fingerprint density at radius 3 is 1.37 bits per heavy atom. The van der Waals surface area contributed by atoms with Gasteiger partial charge in [-0.25, -0.2) is 0 Å². The molecular formula is C24H38Cl2Zr. The predicted molar refractivity (Wildman–Crippen MR) is 108 cm³/mol. The van der Waals surface area contributed by atoms with Crippen LogP contribution >= 0.6 is 0 Å². The summed E-state index contributed by atoms with van der Waals surface area (Å²) in [5, 5.41) is 0. The molecule has 0 unspecified atom stereocenters. The van der Waals surface area contributed by atoms with Crippen molar-refractivity contribution in [1.29, 1.82) is 0 Å². The number of halogens is 2. The molecular weight excluding hydrogens is 450 g/mol. The molecule has 0 heterocycles. The summed E-state index contributed by atoms with van der Waals surface area (Å²) >= 11 is -0.743. The molecule has 0 nitrogen and oxygen atoms in total. The Labute approximate surface area is 192 Å². The normalized spacial score (nSPS) is 17.3. The molecule has 0 bridgehead atoms.